The van der Waals surface area contributed by atoms with Crippen molar-refractivity contribution in [1.29, 1.82) is 0 Å². The van der Waals surface area contributed by atoms with Crippen LogP contribution in [0.4, 0.5) is 10.8 Å². The Labute approximate surface area is 195 Å². The highest BCUT2D eigenvalue weighted by Gasteiger charge is 2.36. The number of hydrogen-bond donors (Lipinski definition) is 1. The van der Waals surface area contributed by atoms with E-state index in [-0.39, 0.29) is 11.4 Å². The number of benzene rings is 2. The molecule has 0 saturated heterocycles. The Morgan fingerprint density at radius 3 is 2.69 bits per heavy atom. The molecule has 0 bridgehead atoms. The number of ether oxygens (including phenoxy) is 1. The molecule has 1 aliphatic rings. The molecule has 1 unspecified atom stereocenters. The zero-order chi connectivity index (χ0) is 22.6. The van der Waals surface area contributed by atoms with Crippen molar-refractivity contribution in [2.75, 3.05) is 7.11 Å². The molecule has 2 aromatic heterocycles. The van der Waals surface area contributed by atoms with Crippen LogP contribution in [0.15, 0.2) is 52.0 Å². The minimum atomic E-state index is -0.251. The van der Waals surface area contributed by atoms with Crippen LogP contribution < -0.4 is 4.74 Å². The Bertz CT molecular complexity index is 1350. The van der Waals surface area contributed by atoms with E-state index in [9.17, 15) is 5.11 Å². The molecule has 3 heterocycles. The Kier molecular flexibility index (Phi) is 4.98. The first-order valence-corrected chi connectivity index (χ1v) is 11.6. The summed E-state index contributed by atoms with van der Waals surface area (Å²) in [6.07, 6.45) is 0.895. The van der Waals surface area contributed by atoms with Crippen molar-refractivity contribution in [1.82, 2.24) is 9.55 Å². The third-order valence-corrected chi connectivity index (χ3v) is 7.00. The van der Waals surface area contributed by atoms with Crippen molar-refractivity contribution in [3.05, 3.63) is 52.4 Å². The summed E-state index contributed by atoms with van der Waals surface area (Å²) < 4.78 is 7.18. The highest BCUT2D eigenvalue weighted by atomic mass is 35.5. The summed E-state index contributed by atoms with van der Waals surface area (Å²) in [5, 5.41) is 23.8. The van der Waals surface area contributed by atoms with Crippen LogP contribution in [0.1, 0.15) is 38.7 Å². The number of thiazole rings is 1. The Morgan fingerprint density at radius 1 is 1.22 bits per heavy atom. The molecule has 0 radical (unpaired) electrons. The predicted octanol–water partition coefficient (Wildman–Crippen LogP) is 7.79. The summed E-state index contributed by atoms with van der Waals surface area (Å²) >= 11 is 7.82. The maximum absolute atomic E-state index is 11.1. The molecule has 32 heavy (non-hydrogen) atoms. The summed E-state index contributed by atoms with van der Waals surface area (Å²) in [7, 11) is 1.64. The van der Waals surface area contributed by atoms with E-state index < -0.39 is 0 Å². The van der Waals surface area contributed by atoms with E-state index in [1.807, 2.05) is 46.3 Å². The number of aromatic hydroxyl groups is 1. The van der Waals surface area contributed by atoms with Crippen LogP contribution >= 0.6 is 22.9 Å². The van der Waals surface area contributed by atoms with Crippen molar-refractivity contribution in [3.8, 4) is 22.9 Å². The average Bonchev–Trinajstić information content (AvgIpc) is 3.33. The first-order valence-electron chi connectivity index (χ1n) is 10.4. The molecule has 0 fully saturated rings. The van der Waals surface area contributed by atoms with Crippen molar-refractivity contribution < 1.29 is 9.84 Å². The number of halogens is 1. The lowest BCUT2D eigenvalue weighted by molar-refractivity contribution is 0.267. The fourth-order valence-electron chi connectivity index (χ4n) is 4.69. The zero-order valence-corrected chi connectivity index (χ0v) is 19.8. The van der Waals surface area contributed by atoms with Crippen LogP contribution in [0, 0.1) is 0 Å². The number of hydrogen-bond acceptors (Lipinski definition) is 6. The maximum Gasteiger partial charge on any atom is 0.230 e. The molecule has 6 nitrogen and oxygen atoms in total. The van der Waals surface area contributed by atoms with Gasteiger partial charge in [-0.2, -0.15) is 0 Å². The zero-order valence-electron chi connectivity index (χ0n) is 18.3. The number of methoxy groups -OCH3 is 1. The lowest BCUT2D eigenvalue weighted by Crippen LogP contribution is -2.31. The van der Waals surface area contributed by atoms with Gasteiger partial charge in [-0.15, -0.1) is 21.6 Å². The quantitative estimate of drug-likeness (QED) is 0.312. The van der Waals surface area contributed by atoms with Gasteiger partial charge in [-0.3, -0.25) is 0 Å². The van der Waals surface area contributed by atoms with Gasteiger partial charge in [0, 0.05) is 26.9 Å². The van der Waals surface area contributed by atoms with Crippen molar-refractivity contribution >= 4 is 44.7 Å². The van der Waals surface area contributed by atoms with E-state index in [2.05, 4.69) is 36.0 Å². The van der Waals surface area contributed by atoms with Crippen LogP contribution in [0.5, 0.6) is 11.6 Å². The molecule has 0 saturated carbocycles. The third kappa shape index (κ3) is 3.36. The van der Waals surface area contributed by atoms with Crippen LogP contribution in [-0.4, -0.2) is 21.8 Å². The molecular weight excluding hydrogens is 444 g/mol. The Morgan fingerprint density at radius 2 is 1.97 bits per heavy atom. The summed E-state index contributed by atoms with van der Waals surface area (Å²) in [4.78, 5) is 4.58. The molecule has 4 aromatic rings. The van der Waals surface area contributed by atoms with Gasteiger partial charge in [0.05, 0.1) is 18.3 Å². The molecule has 1 aliphatic heterocycles. The smallest absolute Gasteiger partial charge is 0.230 e. The topological polar surface area (TPSA) is 72.0 Å². The predicted molar refractivity (Wildman–Crippen MR) is 129 cm³/mol. The molecule has 5 rings (SSSR count). The lowest BCUT2D eigenvalue weighted by Gasteiger charge is -2.36. The first-order chi connectivity index (χ1) is 15.3. The summed E-state index contributed by atoms with van der Waals surface area (Å²) in [6, 6.07) is 11.5. The van der Waals surface area contributed by atoms with Crippen LogP contribution in [0.25, 0.3) is 22.2 Å². The number of azo groups is 1. The van der Waals surface area contributed by atoms with E-state index in [4.69, 9.17) is 16.3 Å². The molecule has 0 amide bonds. The number of rotatable bonds is 4. The molecule has 8 heteroatoms. The second kappa shape index (κ2) is 7.60. The minimum absolute atomic E-state index is 0.108. The van der Waals surface area contributed by atoms with E-state index in [1.165, 1.54) is 11.3 Å². The largest absolute Gasteiger partial charge is 0.497 e. The molecule has 1 N–H and O–H groups in total. The Hall–Kier alpha value is -2.90. The van der Waals surface area contributed by atoms with Crippen LogP contribution in [0.3, 0.4) is 0 Å². The van der Waals surface area contributed by atoms with Gasteiger partial charge in [0.2, 0.25) is 11.0 Å². The van der Waals surface area contributed by atoms with E-state index >= 15 is 0 Å². The van der Waals surface area contributed by atoms with E-state index in [1.54, 1.807) is 7.11 Å². The number of aromatic nitrogens is 2. The van der Waals surface area contributed by atoms with E-state index in [0.29, 0.717) is 21.8 Å². The van der Waals surface area contributed by atoms with E-state index in [0.717, 1.165) is 39.9 Å². The Balaban J connectivity index is 1.56. The lowest BCUT2D eigenvalue weighted by atomic mass is 9.82. The normalized spacial score (nSPS) is 17.3. The highest BCUT2D eigenvalue weighted by molar-refractivity contribution is 7.13. The first kappa shape index (κ1) is 21.0. The fourth-order valence-corrected chi connectivity index (χ4v) is 5.57. The summed E-state index contributed by atoms with van der Waals surface area (Å²) in [5.74, 6) is 1.23. The molecule has 0 spiro atoms. The molecule has 164 valence electrons. The molecular formula is C24H23ClN4O2S. The monoisotopic (exact) mass is 466 g/mol. The average molecular weight is 467 g/mol. The highest BCUT2D eigenvalue weighted by Crippen LogP contribution is 2.51. The van der Waals surface area contributed by atoms with Crippen molar-refractivity contribution in [2.45, 2.75) is 38.6 Å². The standard InChI is InChI=1S/C24H23ClN4O2S/c1-13-11-24(2,3)29-21-17(13)9-15(25)10-18(21)20(22(29)30)27-28-23-26-19(12-32-23)14-5-7-16(31-4)8-6-14/h5-10,12-13,30H,11H2,1-4H3. The fraction of sp³-hybridized carbons (Fsp3) is 0.292. The van der Waals surface area contributed by atoms with Crippen LogP contribution in [-0.2, 0) is 5.54 Å². The van der Waals surface area contributed by atoms with Gasteiger partial charge in [-0.25, -0.2) is 4.98 Å². The molecule has 2 aromatic carbocycles. The molecule has 1 atom stereocenters. The summed E-state index contributed by atoms with van der Waals surface area (Å²) in [6.45, 7) is 6.45. The number of nitrogens with zero attached hydrogens (tertiary/aromatic N) is 4. The van der Waals surface area contributed by atoms with Crippen molar-refractivity contribution in [3.63, 3.8) is 0 Å². The third-order valence-electron chi connectivity index (χ3n) is 6.06. The van der Waals surface area contributed by atoms with Gasteiger partial charge in [-0.05, 0) is 68.1 Å². The maximum atomic E-state index is 11.1. The van der Waals surface area contributed by atoms with Gasteiger partial charge < -0.3 is 14.4 Å². The summed E-state index contributed by atoms with van der Waals surface area (Å²) in [5.41, 5.74) is 4.06. The van der Waals surface area contributed by atoms with Gasteiger partial charge in [0.1, 0.15) is 5.75 Å². The van der Waals surface area contributed by atoms with Gasteiger partial charge in [0.15, 0.2) is 5.69 Å². The van der Waals surface area contributed by atoms with Gasteiger partial charge >= 0.3 is 0 Å². The second-order valence-corrected chi connectivity index (χ2v) is 10.0. The van der Waals surface area contributed by atoms with Crippen LogP contribution in [0.2, 0.25) is 5.02 Å². The van der Waals surface area contributed by atoms with Gasteiger partial charge in [0.25, 0.3) is 0 Å². The SMILES string of the molecule is COc1ccc(-c2csc(N=Nc3c(O)n4c5c(cc(Cl)cc35)C(C)CC4(C)C)n2)cc1. The molecule has 0 aliphatic carbocycles. The van der Waals surface area contributed by atoms with Crippen molar-refractivity contribution in [2.24, 2.45) is 10.2 Å². The van der Waals surface area contributed by atoms with Gasteiger partial charge in [-0.1, -0.05) is 18.5 Å². The second-order valence-electron chi connectivity index (χ2n) is 8.76. The minimum Gasteiger partial charge on any atom is -0.497 e.